The summed E-state index contributed by atoms with van der Waals surface area (Å²) in [5.41, 5.74) is 2.07. The van der Waals surface area contributed by atoms with Crippen LogP contribution in [-0.4, -0.2) is 56.8 Å². The van der Waals surface area contributed by atoms with Gasteiger partial charge in [0.15, 0.2) is 11.0 Å². The minimum absolute atomic E-state index is 0.117. The number of aryl methyl sites for hydroxylation is 2. The summed E-state index contributed by atoms with van der Waals surface area (Å²) in [7, 11) is 2.08. The summed E-state index contributed by atoms with van der Waals surface area (Å²) in [5.74, 6) is 1.35. The number of halogens is 1. The summed E-state index contributed by atoms with van der Waals surface area (Å²) < 4.78 is 5.33. The quantitative estimate of drug-likeness (QED) is 0.927. The maximum Gasteiger partial charge on any atom is 0.245 e. The van der Waals surface area contributed by atoms with Crippen molar-refractivity contribution in [2.45, 2.75) is 26.4 Å². The zero-order valence-electron chi connectivity index (χ0n) is 12.4. The average molecular weight is 311 g/mol. The van der Waals surface area contributed by atoms with Gasteiger partial charge in [0.2, 0.25) is 5.89 Å². The van der Waals surface area contributed by atoms with Gasteiger partial charge < -0.3 is 4.52 Å². The Morgan fingerprint density at radius 1 is 1.38 bits per heavy atom. The number of aromatic nitrogens is 4. The number of H-pyrrole nitrogens is 1. The van der Waals surface area contributed by atoms with Crippen LogP contribution < -0.4 is 0 Å². The molecule has 0 radical (unpaired) electrons. The second-order valence-corrected chi connectivity index (χ2v) is 5.89. The molecular formula is C13H19ClN6O. The molecule has 8 heteroatoms. The van der Waals surface area contributed by atoms with Crippen molar-refractivity contribution >= 4 is 11.6 Å². The first-order chi connectivity index (χ1) is 10.0. The maximum atomic E-state index is 6.13. The lowest BCUT2D eigenvalue weighted by molar-refractivity contribution is 0.0714. The highest BCUT2D eigenvalue weighted by molar-refractivity contribution is 6.30. The highest BCUT2D eigenvalue weighted by Crippen LogP contribution is 2.25. The number of nitrogens with one attached hydrogen (secondary N) is 1. The van der Waals surface area contributed by atoms with Crippen molar-refractivity contribution in [3.05, 3.63) is 28.1 Å². The minimum Gasteiger partial charge on any atom is -0.338 e. The van der Waals surface area contributed by atoms with Crippen LogP contribution in [0.1, 0.15) is 29.0 Å². The lowest BCUT2D eigenvalue weighted by Crippen LogP contribution is -2.46. The Hall–Kier alpha value is -1.44. The summed E-state index contributed by atoms with van der Waals surface area (Å²) in [6.07, 6.45) is 0. The first-order valence-corrected chi connectivity index (χ1v) is 7.34. The number of piperazine rings is 1. The third-order valence-corrected chi connectivity index (χ3v) is 4.28. The van der Waals surface area contributed by atoms with Crippen LogP contribution in [0.4, 0.5) is 0 Å². The van der Waals surface area contributed by atoms with Gasteiger partial charge in [0.05, 0.1) is 0 Å². The van der Waals surface area contributed by atoms with Crippen molar-refractivity contribution in [3.8, 4) is 0 Å². The second-order valence-electron chi connectivity index (χ2n) is 5.53. The molecule has 1 saturated heterocycles. The fourth-order valence-electron chi connectivity index (χ4n) is 2.62. The molecule has 1 N–H and O–H groups in total. The summed E-state index contributed by atoms with van der Waals surface area (Å²) >= 11 is 6.13. The van der Waals surface area contributed by atoms with Gasteiger partial charge in [-0.2, -0.15) is 10.1 Å². The molecule has 1 atom stereocenters. The number of hydrogen-bond donors (Lipinski definition) is 1. The molecule has 0 unspecified atom stereocenters. The monoisotopic (exact) mass is 310 g/mol. The summed E-state index contributed by atoms with van der Waals surface area (Å²) in [5, 5.41) is 11.4. The topological polar surface area (TPSA) is 74.1 Å². The minimum atomic E-state index is 0.117. The SMILES string of the molecule is Cc1noc([C@H]2CN(Cc3c(Cl)n[nH]c3C)CCN2C)n1. The number of rotatable bonds is 3. The lowest BCUT2D eigenvalue weighted by Gasteiger charge is -2.37. The Morgan fingerprint density at radius 2 is 2.19 bits per heavy atom. The molecule has 0 bridgehead atoms. The molecule has 3 rings (SSSR count). The van der Waals surface area contributed by atoms with E-state index in [-0.39, 0.29) is 6.04 Å². The van der Waals surface area contributed by atoms with Gasteiger partial charge in [-0.25, -0.2) is 0 Å². The second kappa shape index (κ2) is 5.75. The van der Waals surface area contributed by atoms with Gasteiger partial charge in [-0.15, -0.1) is 0 Å². The van der Waals surface area contributed by atoms with Crippen LogP contribution in [0.5, 0.6) is 0 Å². The Bertz CT molecular complexity index is 604. The van der Waals surface area contributed by atoms with Crippen molar-refractivity contribution in [2.75, 3.05) is 26.7 Å². The molecule has 2 aromatic rings. The van der Waals surface area contributed by atoms with Gasteiger partial charge in [0.1, 0.15) is 6.04 Å². The van der Waals surface area contributed by atoms with Crippen LogP contribution >= 0.6 is 11.6 Å². The van der Waals surface area contributed by atoms with Crippen LogP contribution in [0, 0.1) is 13.8 Å². The van der Waals surface area contributed by atoms with Gasteiger partial charge >= 0.3 is 0 Å². The highest BCUT2D eigenvalue weighted by atomic mass is 35.5. The number of aromatic amines is 1. The number of hydrogen-bond acceptors (Lipinski definition) is 6. The van der Waals surface area contributed by atoms with Crippen LogP contribution in [0.25, 0.3) is 0 Å². The molecule has 21 heavy (non-hydrogen) atoms. The first-order valence-electron chi connectivity index (χ1n) is 6.96. The van der Waals surface area contributed by atoms with E-state index < -0.39 is 0 Å². The van der Waals surface area contributed by atoms with E-state index >= 15 is 0 Å². The standard InChI is InChI=1S/C13H19ClN6O/c1-8-10(12(14)17-16-8)6-20-5-4-19(3)11(7-20)13-15-9(2)18-21-13/h11H,4-7H2,1-3H3,(H,16,17)/t11-/m1/s1. The molecule has 2 aromatic heterocycles. The molecule has 1 aliphatic rings. The summed E-state index contributed by atoms with van der Waals surface area (Å²) in [6, 6.07) is 0.117. The average Bonchev–Trinajstić information content (AvgIpc) is 3.01. The lowest BCUT2D eigenvalue weighted by atomic mass is 10.1. The van der Waals surface area contributed by atoms with E-state index in [0.717, 1.165) is 37.4 Å². The summed E-state index contributed by atoms with van der Waals surface area (Å²) in [6.45, 7) is 7.35. The van der Waals surface area contributed by atoms with Gasteiger partial charge in [-0.3, -0.25) is 14.9 Å². The number of likely N-dealkylation sites (N-methyl/N-ethyl adjacent to an activating group) is 1. The van der Waals surface area contributed by atoms with Crippen molar-refractivity contribution in [1.82, 2.24) is 30.1 Å². The zero-order chi connectivity index (χ0) is 15.0. The van der Waals surface area contributed by atoms with Gasteiger partial charge in [-0.1, -0.05) is 16.8 Å². The van der Waals surface area contributed by atoms with E-state index in [9.17, 15) is 0 Å². The normalized spacial score (nSPS) is 21.0. The number of nitrogens with zero attached hydrogens (tertiary/aromatic N) is 5. The van der Waals surface area contributed by atoms with E-state index in [1.165, 1.54) is 0 Å². The van der Waals surface area contributed by atoms with Crippen molar-refractivity contribution in [2.24, 2.45) is 0 Å². The highest BCUT2D eigenvalue weighted by Gasteiger charge is 2.30. The molecule has 0 aliphatic carbocycles. The molecule has 1 fully saturated rings. The van der Waals surface area contributed by atoms with E-state index in [2.05, 4.69) is 37.2 Å². The molecule has 114 valence electrons. The van der Waals surface area contributed by atoms with Crippen LogP contribution in [0.15, 0.2) is 4.52 Å². The third kappa shape index (κ3) is 2.95. The molecule has 3 heterocycles. The Balaban J connectivity index is 1.74. The van der Waals surface area contributed by atoms with Crippen molar-refractivity contribution in [1.29, 1.82) is 0 Å². The van der Waals surface area contributed by atoms with Crippen LogP contribution in [0.3, 0.4) is 0 Å². The fraction of sp³-hybridized carbons (Fsp3) is 0.615. The molecule has 7 nitrogen and oxygen atoms in total. The smallest absolute Gasteiger partial charge is 0.245 e. The van der Waals surface area contributed by atoms with E-state index in [1.54, 1.807) is 0 Å². The van der Waals surface area contributed by atoms with Gasteiger partial charge in [0.25, 0.3) is 0 Å². The Kier molecular flexibility index (Phi) is 3.97. The maximum absolute atomic E-state index is 6.13. The molecule has 1 aliphatic heterocycles. The van der Waals surface area contributed by atoms with E-state index in [0.29, 0.717) is 16.9 Å². The molecule has 0 amide bonds. The van der Waals surface area contributed by atoms with E-state index in [1.807, 2.05) is 13.8 Å². The first kappa shape index (κ1) is 14.5. The Labute approximate surface area is 128 Å². The fourth-order valence-corrected chi connectivity index (χ4v) is 2.86. The van der Waals surface area contributed by atoms with Crippen molar-refractivity contribution in [3.63, 3.8) is 0 Å². The Morgan fingerprint density at radius 3 is 2.81 bits per heavy atom. The van der Waals surface area contributed by atoms with Gasteiger partial charge in [0, 0.05) is 37.4 Å². The molecule has 0 saturated carbocycles. The van der Waals surface area contributed by atoms with Crippen LogP contribution in [0.2, 0.25) is 5.15 Å². The zero-order valence-corrected chi connectivity index (χ0v) is 13.2. The van der Waals surface area contributed by atoms with Crippen LogP contribution in [-0.2, 0) is 6.54 Å². The van der Waals surface area contributed by atoms with Gasteiger partial charge in [-0.05, 0) is 20.9 Å². The molecule has 0 spiro atoms. The third-order valence-electron chi connectivity index (χ3n) is 3.97. The predicted molar refractivity (Wildman–Crippen MR) is 78.0 cm³/mol. The van der Waals surface area contributed by atoms with E-state index in [4.69, 9.17) is 16.1 Å². The molecule has 0 aromatic carbocycles. The largest absolute Gasteiger partial charge is 0.338 e. The van der Waals surface area contributed by atoms with Crippen molar-refractivity contribution < 1.29 is 4.52 Å². The molecular weight excluding hydrogens is 292 g/mol. The predicted octanol–water partition coefficient (Wildman–Crippen LogP) is 1.55. The summed E-state index contributed by atoms with van der Waals surface area (Å²) in [4.78, 5) is 8.95.